The third-order valence-corrected chi connectivity index (χ3v) is 4.04. The van der Waals surface area contributed by atoms with Gasteiger partial charge in [0.1, 0.15) is 5.82 Å². The molecule has 0 saturated heterocycles. The van der Waals surface area contributed by atoms with Crippen molar-refractivity contribution in [2.24, 2.45) is 5.92 Å². The minimum Gasteiger partial charge on any atom is -0.376 e. The van der Waals surface area contributed by atoms with Gasteiger partial charge in [-0.2, -0.15) is 0 Å². The molecule has 0 bridgehead atoms. The van der Waals surface area contributed by atoms with Gasteiger partial charge in [-0.3, -0.25) is 9.59 Å². The van der Waals surface area contributed by atoms with Gasteiger partial charge in [-0.05, 0) is 54.8 Å². The van der Waals surface area contributed by atoms with Gasteiger partial charge in [-0.25, -0.2) is 4.39 Å². The Bertz CT molecular complexity index is 840. The Morgan fingerprint density at radius 2 is 1.85 bits per heavy atom. The fraction of sp³-hybridized carbons (Fsp3) is 0.300. The predicted octanol–water partition coefficient (Wildman–Crippen LogP) is 4.22. The number of hydrogen-bond acceptors (Lipinski definition) is 3. The molecule has 0 aliphatic heterocycles. The molecule has 0 radical (unpaired) electrons. The first-order chi connectivity index (χ1) is 12.8. The summed E-state index contributed by atoms with van der Waals surface area (Å²) in [5.74, 6) is -0.721. The maximum absolute atomic E-state index is 13.7. The Hall–Kier alpha value is -2.60. The lowest BCUT2D eigenvalue weighted by Gasteiger charge is -2.13. The van der Waals surface area contributed by atoms with E-state index in [0.717, 1.165) is 11.3 Å². The highest BCUT2D eigenvalue weighted by Gasteiger charge is 2.10. The van der Waals surface area contributed by atoms with Crippen LogP contribution in [0, 0.1) is 18.7 Å². The van der Waals surface area contributed by atoms with Gasteiger partial charge < -0.3 is 16.0 Å². The Balaban J connectivity index is 1.94. The van der Waals surface area contributed by atoms with Crippen molar-refractivity contribution < 1.29 is 14.0 Å². The van der Waals surface area contributed by atoms with E-state index in [4.69, 9.17) is 11.6 Å². The first-order valence-electron chi connectivity index (χ1n) is 8.64. The van der Waals surface area contributed by atoms with E-state index in [1.807, 2.05) is 20.8 Å². The summed E-state index contributed by atoms with van der Waals surface area (Å²) < 4.78 is 13.7. The van der Waals surface area contributed by atoms with Crippen molar-refractivity contribution >= 4 is 34.8 Å². The van der Waals surface area contributed by atoms with E-state index in [2.05, 4.69) is 16.0 Å². The average molecular weight is 392 g/mol. The largest absolute Gasteiger partial charge is 0.376 e. The summed E-state index contributed by atoms with van der Waals surface area (Å²) in [5, 5.41) is 8.65. The number of carbonyl (C=O) groups excluding carboxylic acids is 2. The highest BCUT2D eigenvalue weighted by atomic mass is 35.5. The third kappa shape index (κ3) is 6.25. The molecule has 2 rings (SSSR count). The number of carbonyl (C=O) groups is 2. The fourth-order valence-electron chi connectivity index (χ4n) is 2.37. The molecule has 2 aromatic carbocycles. The van der Waals surface area contributed by atoms with Crippen LogP contribution in [-0.4, -0.2) is 24.9 Å². The van der Waals surface area contributed by atoms with Crippen LogP contribution in [0.2, 0.25) is 5.02 Å². The number of rotatable bonds is 7. The SMILES string of the molecule is Cc1cc(C(=O)NCC(C)C)ccc1NCC(=O)Nc1cc(Cl)ccc1F. The normalized spacial score (nSPS) is 10.6. The predicted molar refractivity (Wildman–Crippen MR) is 107 cm³/mol. The molecule has 0 spiro atoms. The fourth-order valence-corrected chi connectivity index (χ4v) is 2.54. The maximum atomic E-state index is 13.7. The molecule has 144 valence electrons. The van der Waals surface area contributed by atoms with Crippen molar-refractivity contribution in [1.82, 2.24) is 5.32 Å². The molecule has 2 aromatic rings. The number of amides is 2. The Morgan fingerprint density at radius 1 is 1.11 bits per heavy atom. The molecule has 0 atom stereocenters. The second-order valence-electron chi connectivity index (χ2n) is 6.66. The highest BCUT2D eigenvalue weighted by molar-refractivity contribution is 6.30. The average Bonchev–Trinajstić information content (AvgIpc) is 2.61. The molecule has 3 N–H and O–H groups in total. The lowest BCUT2D eigenvalue weighted by atomic mass is 10.1. The van der Waals surface area contributed by atoms with Crippen LogP contribution in [-0.2, 0) is 4.79 Å². The lowest BCUT2D eigenvalue weighted by molar-refractivity contribution is -0.114. The molecule has 0 aromatic heterocycles. The second-order valence-corrected chi connectivity index (χ2v) is 7.10. The molecule has 2 amide bonds. The minimum atomic E-state index is -0.555. The summed E-state index contributed by atoms with van der Waals surface area (Å²) in [4.78, 5) is 24.1. The topological polar surface area (TPSA) is 70.2 Å². The lowest BCUT2D eigenvalue weighted by Crippen LogP contribution is -2.27. The molecule has 0 fully saturated rings. The molecule has 5 nitrogen and oxygen atoms in total. The van der Waals surface area contributed by atoms with Crippen molar-refractivity contribution in [3.05, 3.63) is 58.4 Å². The van der Waals surface area contributed by atoms with Crippen LogP contribution >= 0.6 is 11.6 Å². The molecule has 0 heterocycles. The van der Waals surface area contributed by atoms with Gasteiger partial charge in [0.15, 0.2) is 0 Å². The monoisotopic (exact) mass is 391 g/mol. The summed E-state index contributed by atoms with van der Waals surface area (Å²) in [5.41, 5.74) is 2.14. The smallest absolute Gasteiger partial charge is 0.251 e. The van der Waals surface area contributed by atoms with Gasteiger partial charge in [-0.15, -0.1) is 0 Å². The molecule has 0 aliphatic carbocycles. The molecule has 0 saturated carbocycles. The summed E-state index contributed by atoms with van der Waals surface area (Å²) >= 11 is 5.81. The first kappa shape index (κ1) is 20.7. The number of halogens is 2. The summed E-state index contributed by atoms with van der Waals surface area (Å²) in [6.07, 6.45) is 0. The standard InChI is InChI=1S/C20H23ClFN3O2/c1-12(2)10-24-20(27)14-4-7-17(13(3)8-14)23-11-19(26)25-18-9-15(21)5-6-16(18)22/h4-9,12,23H,10-11H2,1-3H3,(H,24,27)(H,25,26). The molecular weight excluding hydrogens is 369 g/mol. The molecule has 7 heteroatoms. The highest BCUT2D eigenvalue weighted by Crippen LogP contribution is 2.20. The van der Waals surface area contributed by atoms with Crippen molar-refractivity contribution in [1.29, 1.82) is 0 Å². The van der Waals surface area contributed by atoms with E-state index in [-0.39, 0.29) is 18.1 Å². The Kier molecular flexibility index (Phi) is 7.19. The first-order valence-corrected chi connectivity index (χ1v) is 9.01. The molecule has 0 unspecified atom stereocenters. The van der Waals surface area contributed by atoms with Crippen LogP contribution in [0.5, 0.6) is 0 Å². The van der Waals surface area contributed by atoms with Crippen molar-refractivity contribution in [2.75, 3.05) is 23.7 Å². The van der Waals surface area contributed by atoms with Crippen LogP contribution < -0.4 is 16.0 Å². The van der Waals surface area contributed by atoms with Gasteiger partial charge in [0.2, 0.25) is 5.91 Å². The van der Waals surface area contributed by atoms with Gasteiger partial charge in [0.25, 0.3) is 5.91 Å². The van der Waals surface area contributed by atoms with Crippen LogP contribution in [0.15, 0.2) is 36.4 Å². The van der Waals surface area contributed by atoms with Crippen molar-refractivity contribution in [2.45, 2.75) is 20.8 Å². The summed E-state index contributed by atoms with van der Waals surface area (Å²) in [6, 6.07) is 9.15. The maximum Gasteiger partial charge on any atom is 0.251 e. The van der Waals surface area contributed by atoms with Crippen LogP contribution in [0.1, 0.15) is 29.8 Å². The van der Waals surface area contributed by atoms with E-state index in [9.17, 15) is 14.0 Å². The van der Waals surface area contributed by atoms with Gasteiger partial charge >= 0.3 is 0 Å². The zero-order chi connectivity index (χ0) is 20.0. The van der Waals surface area contributed by atoms with Crippen molar-refractivity contribution in [3.63, 3.8) is 0 Å². The van der Waals surface area contributed by atoms with Gasteiger partial charge in [0.05, 0.1) is 12.2 Å². The van der Waals surface area contributed by atoms with E-state index in [0.29, 0.717) is 23.0 Å². The Labute approximate surface area is 163 Å². The van der Waals surface area contributed by atoms with E-state index in [1.165, 1.54) is 18.2 Å². The third-order valence-electron chi connectivity index (χ3n) is 3.80. The number of benzene rings is 2. The second kappa shape index (κ2) is 9.37. The van der Waals surface area contributed by atoms with E-state index >= 15 is 0 Å². The van der Waals surface area contributed by atoms with Crippen LogP contribution in [0.25, 0.3) is 0 Å². The number of anilines is 2. The quantitative estimate of drug-likeness (QED) is 0.661. The summed E-state index contributed by atoms with van der Waals surface area (Å²) in [6.45, 7) is 6.46. The molecular formula is C20H23ClFN3O2. The number of nitrogens with one attached hydrogen (secondary N) is 3. The van der Waals surface area contributed by atoms with Gasteiger partial charge in [-0.1, -0.05) is 25.4 Å². The Morgan fingerprint density at radius 3 is 2.52 bits per heavy atom. The van der Waals surface area contributed by atoms with Crippen LogP contribution in [0.3, 0.4) is 0 Å². The van der Waals surface area contributed by atoms with Crippen molar-refractivity contribution in [3.8, 4) is 0 Å². The summed E-state index contributed by atoms with van der Waals surface area (Å²) in [7, 11) is 0. The van der Waals surface area contributed by atoms with E-state index < -0.39 is 11.7 Å². The number of hydrogen-bond donors (Lipinski definition) is 3. The number of aryl methyl sites for hydroxylation is 1. The van der Waals surface area contributed by atoms with Crippen LogP contribution in [0.4, 0.5) is 15.8 Å². The zero-order valence-corrected chi connectivity index (χ0v) is 16.3. The minimum absolute atomic E-state index is 0.0307. The van der Waals surface area contributed by atoms with E-state index in [1.54, 1.807) is 18.2 Å². The zero-order valence-electron chi connectivity index (χ0n) is 15.5. The molecule has 27 heavy (non-hydrogen) atoms. The van der Waals surface area contributed by atoms with Gasteiger partial charge in [0, 0.05) is 22.8 Å². The molecule has 0 aliphatic rings.